The quantitative estimate of drug-likeness (QED) is 0.691. The summed E-state index contributed by atoms with van der Waals surface area (Å²) in [7, 11) is -1.97. The summed E-state index contributed by atoms with van der Waals surface area (Å²) in [6.45, 7) is 0. The molecule has 0 fully saturated rings. The van der Waals surface area contributed by atoms with E-state index in [4.69, 9.17) is 9.15 Å². The molecule has 8 heteroatoms. The van der Waals surface area contributed by atoms with Crippen molar-refractivity contribution in [2.24, 2.45) is 0 Å². The summed E-state index contributed by atoms with van der Waals surface area (Å²) in [5, 5.41) is 3.15. The number of furan rings is 1. The van der Waals surface area contributed by atoms with Gasteiger partial charge >= 0.3 is 0 Å². The standard InChI is InChI=1S/C18H16FNO5S/c1-24-12-3-5-14-11(10-25-17(14)8-12)7-18(21)20-16-9-13(26(2,22)23)4-6-15(16)19/h3-6,8-10H,7H2,1-2H3,(H,20,21). The van der Waals surface area contributed by atoms with Crippen molar-refractivity contribution in [2.75, 3.05) is 18.7 Å². The fraction of sp³-hybridized carbons (Fsp3) is 0.167. The first-order chi connectivity index (χ1) is 12.3. The van der Waals surface area contributed by atoms with Gasteiger partial charge in [-0.05, 0) is 30.3 Å². The van der Waals surface area contributed by atoms with Gasteiger partial charge in [-0.1, -0.05) is 0 Å². The maximum atomic E-state index is 13.9. The Kier molecular flexibility index (Phi) is 4.69. The first kappa shape index (κ1) is 17.9. The van der Waals surface area contributed by atoms with Gasteiger partial charge in [-0.3, -0.25) is 4.79 Å². The number of halogens is 1. The third-order valence-electron chi connectivity index (χ3n) is 3.85. The lowest BCUT2D eigenvalue weighted by Crippen LogP contribution is -2.15. The number of nitrogens with one attached hydrogen (secondary N) is 1. The minimum atomic E-state index is -3.51. The third kappa shape index (κ3) is 3.70. The maximum absolute atomic E-state index is 13.9. The molecule has 0 aliphatic rings. The van der Waals surface area contributed by atoms with E-state index in [1.165, 1.54) is 13.4 Å². The molecule has 6 nitrogen and oxygen atoms in total. The van der Waals surface area contributed by atoms with Gasteiger partial charge in [0.15, 0.2) is 9.84 Å². The maximum Gasteiger partial charge on any atom is 0.229 e. The Labute approximate surface area is 149 Å². The van der Waals surface area contributed by atoms with Crippen molar-refractivity contribution >= 4 is 32.4 Å². The number of carbonyl (C=O) groups is 1. The van der Waals surface area contributed by atoms with Crippen LogP contribution in [-0.2, 0) is 21.1 Å². The van der Waals surface area contributed by atoms with E-state index >= 15 is 0 Å². The van der Waals surface area contributed by atoms with Crippen LogP contribution in [-0.4, -0.2) is 27.7 Å². The number of methoxy groups -OCH3 is 1. The molecule has 26 heavy (non-hydrogen) atoms. The summed E-state index contributed by atoms with van der Waals surface area (Å²) >= 11 is 0. The number of hydrogen-bond acceptors (Lipinski definition) is 5. The zero-order valence-corrected chi connectivity index (χ0v) is 14.9. The number of sulfone groups is 1. The number of amides is 1. The fourth-order valence-electron chi connectivity index (χ4n) is 2.53. The molecule has 0 bridgehead atoms. The highest BCUT2D eigenvalue weighted by molar-refractivity contribution is 7.90. The molecular formula is C18H16FNO5S. The van der Waals surface area contributed by atoms with E-state index < -0.39 is 21.6 Å². The van der Waals surface area contributed by atoms with E-state index in [0.29, 0.717) is 16.9 Å². The van der Waals surface area contributed by atoms with Crippen LogP contribution in [0.15, 0.2) is 52.0 Å². The Balaban J connectivity index is 1.82. The average Bonchev–Trinajstić information content (AvgIpc) is 2.97. The minimum absolute atomic E-state index is 0.0537. The van der Waals surface area contributed by atoms with Gasteiger partial charge in [0.25, 0.3) is 0 Å². The van der Waals surface area contributed by atoms with Crippen LogP contribution < -0.4 is 10.1 Å². The van der Waals surface area contributed by atoms with Gasteiger partial charge in [-0.15, -0.1) is 0 Å². The Morgan fingerprint density at radius 1 is 1.23 bits per heavy atom. The highest BCUT2D eigenvalue weighted by Gasteiger charge is 2.15. The number of ether oxygens (including phenoxy) is 1. The number of rotatable bonds is 5. The lowest BCUT2D eigenvalue weighted by molar-refractivity contribution is -0.115. The van der Waals surface area contributed by atoms with Crippen molar-refractivity contribution in [3.8, 4) is 5.75 Å². The summed E-state index contributed by atoms with van der Waals surface area (Å²) in [6.07, 6.45) is 2.41. The Morgan fingerprint density at radius 3 is 2.69 bits per heavy atom. The predicted molar refractivity (Wildman–Crippen MR) is 94.6 cm³/mol. The van der Waals surface area contributed by atoms with Gasteiger partial charge in [-0.25, -0.2) is 12.8 Å². The van der Waals surface area contributed by atoms with E-state index in [2.05, 4.69) is 5.32 Å². The van der Waals surface area contributed by atoms with E-state index in [1.54, 1.807) is 18.2 Å². The number of anilines is 1. The molecule has 1 N–H and O–H groups in total. The molecule has 0 saturated carbocycles. The molecule has 3 rings (SSSR count). The van der Waals surface area contributed by atoms with Crippen LogP contribution in [0.1, 0.15) is 5.56 Å². The van der Waals surface area contributed by atoms with Crippen LogP contribution in [0.4, 0.5) is 10.1 Å². The number of carbonyl (C=O) groups excluding carboxylic acids is 1. The van der Waals surface area contributed by atoms with E-state index in [0.717, 1.165) is 29.8 Å². The van der Waals surface area contributed by atoms with Crippen molar-refractivity contribution in [3.05, 3.63) is 54.0 Å². The van der Waals surface area contributed by atoms with Gasteiger partial charge in [0, 0.05) is 23.3 Å². The summed E-state index contributed by atoms with van der Waals surface area (Å²) in [5.74, 6) is -0.580. The number of hydrogen-bond donors (Lipinski definition) is 1. The first-order valence-corrected chi connectivity index (χ1v) is 9.50. The molecule has 1 heterocycles. The molecule has 0 unspecified atom stereocenters. The van der Waals surface area contributed by atoms with Crippen LogP contribution in [0.2, 0.25) is 0 Å². The van der Waals surface area contributed by atoms with Crippen LogP contribution >= 0.6 is 0 Å². The molecule has 0 aliphatic heterocycles. The second-order valence-electron chi connectivity index (χ2n) is 5.76. The molecule has 0 radical (unpaired) electrons. The lowest BCUT2D eigenvalue weighted by atomic mass is 10.1. The van der Waals surface area contributed by atoms with Crippen molar-refractivity contribution in [1.29, 1.82) is 0 Å². The molecular weight excluding hydrogens is 361 g/mol. The Hall–Kier alpha value is -2.87. The SMILES string of the molecule is COc1ccc2c(CC(=O)Nc3cc(S(C)(=O)=O)ccc3F)coc2c1. The smallest absolute Gasteiger partial charge is 0.229 e. The zero-order valence-electron chi connectivity index (χ0n) is 14.1. The third-order valence-corrected chi connectivity index (χ3v) is 4.96. The fourth-order valence-corrected chi connectivity index (χ4v) is 3.17. The molecule has 136 valence electrons. The normalized spacial score (nSPS) is 11.5. The van der Waals surface area contributed by atoms with Gasteiger partial charge < -0.3 is 14.5 Å². The van der Waals surface area contributed by atoms with Crippen LogP contribution in [0.25, 0.3) is 11.0 Å². The molecule has 3 aromatic rings. The largest absolute Gasteiger partial charge is 0.497 e. The van der Waals surface area contributed by atoms with Crippen molar-refractivity contribution in [1.82, 2.24) is 0 Å². The molecule has 2 aromatic carbocycles. The van der Waals surface area contributed by atoms with Gasteiger partial charge in [0.05, 0.1) is 30.4 Å². The predicted octanol–water partition coefficient (Wildman–Crippen LogP) is 3.17. The van der Waals surface area contributed by atoms with Crippen LogP contribution in [0.5, 0.6) is 5.75 Å². The zero-order chi connectivity index (χ0) is 18.9. The number of benzene rings is 2. The van der Waals surface area contributed by atoms with Gasteiger partial charge in [0.1, 0.15) is 17.1 Å². The van der Waals surface area contributed by atoms with Crippen molar-refractivity contribution in [2.45, 2.75) is 11.3 Å². The Morgan fingerprint density at radius 2 is 2.00 bits per heavy atom. The topological polar surface area (TPSA) is 85.6 Å². The van der Waals surface area contributed by atoms with E-state index in [-0.39, 0.29) is 17.0 Å². The Bertz CT molecular complexity index is 1090. The van der Waals surface area contributed by atoms with Crippen molar-refractivity contribution < 1.29 is 26.8 Å². The van der Waals surface area contributed by atoms with Gasteiger partial charge in [0.2, 0.25) is 5.91 Å². The molecule has 0 spiro atoms. The lowest BCUT2D eigenvalue weighted by Gasteiger charge is -2.08. The monoisotopic (exact) mass is 377 g/mol. The number of fused-ring (bicyclic) bond motifs is 1. The van der Waals surface area contributed by atoms with Crippen LogP contribution in [0.3, 0.4) is 0 Å². The summed E-state index contributed by atoms with van der Waals surface area (Å²) in [6, 6.07) is 8.47. The molecule has 1 amide bonds. The average molecular weight is 377 g/mol. The van der Waals surface area contributed by atoms with Gasteiger partial charge in [-0.2, -0.15) is 0 Å². The molecule has 1 aromatic heterocycles. The summed E-state index contributed by atoms with van der Waals surface area (Å²) < 4.78 is 47.6. The minimum Gasteiger partial charge on any atom is -0.497 e. The van der Waals surface area contributed by atoms with E-state index in [9.17, 15) is 17.6 Å². The highest BCUT2D eigenvalue weighted by Crippen LogP contribution is 2.26. The van der Waals surface area contributed by atoms with Crippen LogP contribution in [0, 0.1) is 5.82 Å². The van der Waals surface area contributed by atoms with E-state index in [1.807, 2.05) is 0 Å². The first-order valence-electron chi connectivity index (χ1n) is 7.61. The highest BCUT2D eigenvalue weighted by atomic mass is 32.2. The molecule has 0 saturated heterocycles. The van der Waals surface area contributed by atoms with Crippen molar-refractivity contribution in [3.63, 3.8) is 0 Å². The summed E-state index contributed by atoms with van der Waals surface area (Å²) in [4.78, 5) is 12.2. The molecule has 0 aliphatic carbocycles. The molecule has 0 atom stereocenters. The summed E-state index contributed by atoms with van der Waals surface area (Å²) in [5.41, 5.74) is 1.00. The second kappa shape index (κ2) is 6.80. The second-order valence-corrected chi connectivity index (χ2v) is 7.78.